The fourth-order valence-electron chi connectivity index (χ4n) is 1.83. The van der Waals surface area contributed by atoms with Crippen LogP contribution in [0.5, 0.6) is 11.5 Å². The number of phenolic OH excluding ortho intramolecular Hbond substituents is 1. The number of methoxy groups -OCH3 is 1. The molecule has 0 aliphatic rings. The molecule has 6 nitrogen and oxygen atoms in total. The highest BCUT2D eigenvalue weighted by molar-refractivity contribution is 5.97. The van der Waals surface area contributed by atoms with Gasteiger partial charge < -0.3 is 19.9 Å². The van der Waals surface area contributed by atoms with E-state index < -0.39 is 18.0 Å². The predicted molar refractivity (Wildman–Crippen MR) is 84.6 cm³/mol. The van der Waals surface area contributed by atoms with Crippen LogP contribution in [0.3, 0.4) is 0 Å². The number of nitrogens with one attached hydrogen (secondary N) is 1. The molecule has 6 heteroatoms. The number of carbonyl (C=O) groups excluding carboxylic acids is 2. The van der Waals surface area contributed by atoms with Gasteiger partial charge in [0.2, 0.25) is 0 Å². The van der Waals surface area contributed by atoms with Gasteiger partial charge in [-0.1, -0.05) is 6.07 Å². The fraction of sp³-hybridized carbons (Fsp3) is 0.176. The zero-order valence-electron chi connectivity index (χ0n) is 12.8. The molecule has 1 amide bonds. The molecule has 1 atom stereocenters. The Balaban J connectivity index is 1.95. The number of amides is 1. The summed E-state index contributed by atoms with van der Waals surface area (Å²) < 4.78 is 10.1. The molecular formula is C17H17NO5. The third kappa shape index (κ3) is 4.47. The van der Waals surface area contributed by atoms with Gasteiger partial charge in [0.05, 0.1) is 12.7 Å². The van der Waals surface area contributed by atoms with E-state index in [0.29, 0.717) is 11.4 Å². The standard InChI is InChI=1S/C17H17NO5/c1-11(23-17(21)12-4-3-5-14(19)10-12)16(20)18-13-6-8-15(22-2)9-7-13/h3-11,19H,1-2H3,(H,18,20)/t11-/m0/s1. The lowest BCUT2D eigenvalue weighted by Crippen LogP contribution is -2.29. The zero-order valence-corrected chi connectivity index (χ0v) is 12.8. The second-order valence-electron chi connectivity index (χ2n) is 4.82. The Hall–Kier alpha value is -3.02. The van der Waals surface area contributed by atoms with Gasteiger partial charge in [-0.3, -0.25) is 4.79 Å². The summed E-state index contributed by atoms with van der Waals surface area (Å²) in [5, 5.41) is 12.0. The summed E-state index contributed by atoms with van der Waals surface area (Å²) in [4.78, 5) is 23.9. The molecule has 2 aromatic carbocycles. The maximum Gasteiger partial charge on any atom is 0.339 e. The van der Waals surface area contributed by atoms with Crippen molar-refractivity contribution >= 4 is 17.6 Å². The van der Waals surface area contributed by atoms with Crippen molar-refractivity contribution in [2.75, 3.05) is 12.4 Å². The van der Waals surface area contributed by atoms with E-state index in [4.69, 9.17) is 9.47 Å². The average Bonchev–Trinajstić information content (AvgIpc) is 2.55. The minimum atomic E-state index is -0.980. The molecule has 0 saturated carbocycles. The minimum Gasteiger partial charge on any atom is -0.508 e. The number of esters is 1. The van der Waals surface area contributed by atoms with Gasteiger partial charge in [-0.05, 0) is 49.4 Å². The summed E-state index contributed by atoms with van der Waals surface area (Å²) in [7, 11) is 1.55. The lowest BCUT2D eigenvalue weighted by molar-refractivity contribution is -0.123. The van der Waals surface area contributed by atoms with Crippen LogP contribution in [0, 0.1) is 0 Å². The number of hydrogen-bond donors (Lipinski definition) is 2. The van der Waals surface area contributed by atoms with E-state index in [1.807, 2.05) is 0 Å². The van der Waals surface area contributed by atoms with Crippen molar-refractivity contribution in [1.29, 1.82) is 0 Å². The third-order valence-electron chi connectivity index (χ3n) is 3.09. The maximum atomic E-state index is 12.0. The number of benzene rings is 2. The second kappa shape index (κ2) is 7.31. The van der Waals surface area contributed by atoms with Crippen LogP contribution in [0.15, 0.2) is 48.5 Å². The van der Waals surface area contributed by atoms with Crippen LogP contribution in [-0.2, 0) is 9.53 Å². The number of phenols is 1. The first-order valence-electron chi connectivity index (χ1n) is 6.94. The van der Waals surface area contributed by atoms with E-state index in [9.17, 15) is 14.7 Å². The Morgan fingerprint density at radius 2 is 1.83 bits per heavy atom. The Bertz CT molecular complexity index is 696. The summed E-state index contributed by atoms with van der Waals surface area (Å²) in [6.07, 6.45) is -0.980. The largest absolute Gasteiger partial charge is 0.508 e. The highest BCUT2D eigenvalue weighted by atomic mass is 16.5. The summed E-state index contributed by atoms with van der Waals surface area (Å²) in [5.74, 6) is -0.511. The molecule has 0 radical (unpaired) electrons. The van der Waals surface area contributed by atoms with Gasteiger partial charge in [-0.25, -0.2) is 4.79 Å². The fourth-order valence-corrected chi connectivity index (χ4v) is 1.83. The number of anilines is 1. The summed E-state index contributed by atoms with van der Waals surface area (Å²) in [6.45, 7) is 1.47. The molecule has 0 aromatic heterocycles. The first-order valence-corrected chi connectivity index (χ1v) is 6.94. The van der Waals surface area contributed by atoms with Crippen LogP contribution in [0.4, 0.5) is 5.69 Å². The van der Waals surface area contributed by atoms with Crippen LogP contribution in [0.25, 0.3) is 0 Å². The Labute approximate surface area is 133 Å². The zero-order chi connectivity index (χ0) is 16.8. The Morgan fingerprint density at radius 3 is 2.43 bits per heavy atom. The van der Waals surface area contributed by atoms with Gasteiger partial charge >= 0.3 is 5.97 Å². The molecule has 0 spiro atoms. The van der Waals surface area contributed by atoms with Gasteiger partial charge in [0.1, 0.15) is 11.5 Å². The number of rotatable bonds is 5. The van der Waals surface area contributed by atoms with Gasteiger partial charge in [-0.15, -0.1) is 0 Å². The smallest absolute Gasteiger partial charge is 0.339 e. The number of ether oxygens (including phenoxy) is 2. The van der Waals surface area contributed by atoms with E-state index in [0.717, 1.165) is 0 Å². The number of hydrogen-bond acceptors (Lipinski definition) is 5. The van der Waals surface area contributed by atoms with Crippen LogP contribution in [-0.4, -0.2) is 30.2 Å². The van der Waals surface area contributed by atoms with E-state index in [1.165, 1.54) is 31.2 Å². The van der Waals surface area contributed by atoms with Crippen LogP contribution < -0.4 is 10.1 Å². The van der Waals surface area contributed by atoms with E-state index in [-0.39, 0.29) is 11.3 Å². The third-order valence-corrected chi connectivity index (χ3v) is 3.09. The predicted octanol–water partition coefficient (Wildman–Crippen LogP) is 2.58. The lowest BCUT2D eigenvalue weighted by atomic mass is 10.2. The van der Waals surface area contributed by atoms with Gasteiger partial charge in [0.25, 0.3) is 5.91 Å². The highest BCUT2D eigenvalue weighted by Gasteiger charge is 2.19. The van der Waals surface area contributed by atoms with Crippen molar-refractivity contribution in [3.05, 3.63) is 54.1 Å². The highest BCUT2D eigenvalue weighted by Crippen LogP contribution is 2.16. The van der Waals surface area contributed by atoms with Crippen molar-refractivity contribution in [1.82, 2.24) is 0 Å². The summed E-state index contributed by atoms with van der Waals surface area (Å²) >= 11 is 0. The van der Waals surface area contributed by atoms with Crippen LogP contribution >= 0.6 is 0 Å². The first-order chi connectivity index (χ1) is 11.0. The van der Waals surface area contributed by atoms with Crippen molar-refractivity contribution in [2.45, 2.75) is 13.0 Å². The van der Waals surface area contributed by atoms with Crippen molar-refractivity contribution < 1.29 is 24.2 Å². The van der Waals surface area contributed by atoms with E-state index in [1.54, 1.807) is 31.4 Å². The molecule has 0 heterocycles. The molecule has 0 saturated heterocycles. The molecule has 23 heavy (non-hydrogen) atoms. The van der Waals surface area contributed by atoms with Crippen molar-refractivity contribution in [3.8, 4) is 11.5 Å². The van der Waals surface area contributed by atoms with Crippen LogP contribution in [0.2, 0.25) is 0 Å². The van der Waals surface area contributed by atoms with Gasteiger partial charge in [0.15, 0.2) is 6.10 Å². The minimum absolute atomic E-state index is 0.0465. The number of carbonyl (C=O) groups is 2. The summed E-state index contributed by atoms with van der Waals surface area (Å²) in [5.41, 5.74) is 0.741. The molecule has 0 bridgehead atoms. The summed E-state index contributed by atoms with van der Waals surface area (Å²) in [6, 6.07) is 12.5. The van der Waals surface area contributed by atoms with E-state index in [2.05, 4.69) is 5.32 Å². The van der Waals surface area contributed by atoms with Crippen molar-refractivity contribution in [3.63, 3.8) is 0 Å². The average molecular weight is 315 g/mol. The van der Waals surface area contributed by atoms with Crippen LogP contribution in [0.1, 0.15) is 17.3 Å². The molecule has 2 rings (SSSR count). The SMILES string of the molecule is COc1ccc(NC(=O)[C@H](C)OC(=O)c2cccc(O)c2)cc1. The molecular weight excluding hydrogens is 298 g/mol. The lowest BCUT2D eigenvalue weighted by Gasteiger charge is -2.14. The molecule has 0 aliphatic heterocycles. The maximum absolute atomic E-state index is 12.0. The molecule has 120 valence electrons. The molecule has 0 fully saturated rings. The molecule has 2 aromatic rings. The Morgan fingerprint density at radius 1 is 1.13 bits per heavy atom. The molecule has 2 N–H and O–H groups in total. The van der Waals surface area contributed by atoms with E-state index >= 15 is 0 Å². The normalized spacial score (nSPS) is 11.4. The quantitative estimate of drug-likeness (QED) is 0.828. The Kier molecular flexibility index (Phi) is 5.19. The van der Waals surface area contributed by atoms with Gasteiger partial charge in [-0.2, -0.15) is 0 Å². The molecule has 0 aliphatic carbocycles. The monoisotopic (exact) mass is 315 g/mol. The van der Waals surface area contributed by atoms with Crippen molar-refractivity contribution in [2.24, 2.45) is 0 Å². The molecule has 0 unspecified atom stereocenters. The topological polar surface area (TPSA) is 84.9 Å². The van der Waals surface area contributed by atoms with Gasteiger partial charge in [0, 0.05) is 5.69 Å². The first kappa shape index (κ1) is 16.4. The second-order valence-corrected chi connectivity index (χ2v) is 4.82. The number of aromatic hydroxyl groups is 1.